The van der Waals surface area contributed by atoms with Crippen molar-refractivity contribution in [2.45, 2.75) is 0 Å². The van der Waals surface area contributed by atoms with E-state index in [4.69, 9.17) is 10.5 Å². The van der Waals surface area contributed by atoms with E-state index in [2.05, 4.69) is 63.9 Å². The van der Waals surface area contributed by atoms with Gasteiger partial charge in [0.15, 0.2) is 0 Å². The second-order valence-electron chi connectivity index (χ2n) is 6.56. The molecule has 5 rings (SSSR count). The fraction of sp³-hybridized carbons (Fsp3) is 0. The number of nitrogens with two attached hydrogens (primary N) is 1. The third-order valence-corrected chi connectivity index (χ3v) is 6.42. The predicted octanol–water partition coefficient (Wildman–Crippen LogP) is 7.31. The van der Waals surface area contributed by atoms with Crippen molar-refractivity contribution in [3.63, 3.8) is 0 Å². The van der Waals surface area contributed by atoms with Crippen LogP contribution in [0.4, 0.5) is 5.69 Å². The summed E-state index contributed by atoms with van der Waals surface area (Å²) >= 11 is 3.50. The van der Waals surface area contributed by atoms with Crippen LogP contribution < -0.4 is 10.5 Å². The lowest BCUT2D eigenvalue weighted by Crippen LogP contribution is -1.98. The van der Waals surface area contributed by atoms with Crippen LogP contribution in [0.1, 0.15) is 0 Å². The third kappa shape index (κ3) is 3.58. The van der Waals surface area contributed by atoms with Gasteiger partial charge in [0.05, 0.1) is 21.1 Å². The number of hydrogen-bond donors (Lipinski definition) is 1. The Morgan fingerprint density at radius 2 is 1.14 bits per heavy atom. The van der Waals surface area contributed by atoms with Gasteiger partial charge in [0.1, 0.15) is 11.5 Å². The normalized spacial score (nSPS) is 10.9. The first-order valence-electron chi connectivity index (χ1n) is 9.21. The summed E-state index contributed by atoms with van der Waals surface area (Å²) in [5, 5.41) is 4.22. The van der Waals surface area contributed by atoms with Gasteiger partial charge >= 0.3 is 0 Å². The van der Waals surface area contributed by atoms with Crippen LogP contribution in [0.3, 0.4) is 0 Å². The van der Waals surface area contributed by atoms with Gasteiger partial charge in [-0.15, -0.1) is 22.7 Å². The van der Waals surface area contributed by atoms with Gasteiger partial charge in [-0.3, -0.25) is 0 Å². The lowest BCUT2D eigenvalue weighted by molar-refractivity contribution is 0.482. The van der Waals surface area contributed by atoms with E-state index < -0.39 is 0 Å². The Bertz CT molecular complexity index is 1150. The van der Waals surface area contributed by atoms with Crippen LogP contribution in [-0.2, 0) is 0 Å². The quantitative estimate of drug-likeness (QED) is 0.306. The van der Waals surface area contributed by atoms with Gasteiger partial charge in [0.25, 0.3) is 0 Å². The summed E-state index contributed by atoms with van der Waals surface area (Å²) in [7, 11) is 0. The molecule has 3 aromatic heterocycles. The number of nitrogens with zero attached hydrogens (tertiary/aromatic N) is 1. The molecule has 0 unspecified atom stereocenters. The maximum atomic E-state index is 5.95. The maximum Gasteiger partial charge on any atom is 0.127 e. The molecule has 2 N–H and O–H groups in total. The van der Waals surface area contributed by atoms with Crippen LogP contribution >= 0.6 is 22.7 Å². The Morgan fingerprint density at radius 1 is 0.621 bits per heavy atom. The molecule has 3 nitrogen and oxygen atoms in total. The topological polar surface area (TPSA) is 40.2 Å². The molecule has 0 saturated heterocycles. The predicted molar refractivity (Wildman–Crippen MR) is 123 cm³/mol. The number of ether oxygens (including phenoxy) is 1. The van der Waals surface area contributed by atoms with Crippen molar-refractivity contribution >= 4 is 28.4 Å². The Balaban J connectivity index is 1.53. The van der Waals surface area contributed by atoms with Crippen LogP contribution in [0, 0.1) is 0 Å². The molecule has 0 fully saturated rings. The van der Waals surface area contributed by atoms with Gasteiger partial charge < -0.3 is 15.0 Å². The van der Waals surface area contributed by atoms with E-state index in [1.54, 1.807) is 22.7 Å². The molecule has 2 aromatic carbocycles. The van der Waals surface area contributed by atoms with Crippen molar-refractivity contribution in [1.82, 2.24) is 4.57 Å². The molecule has 0 spiro atoms. The highest BCUT2D eigenvalue weighted by Gasteiger charge is 2.15. The SMILES string of the molecule is Nc1ccc(Oc2ccc(-n3c(-c4cccs4)ccc3-c3cccs3)cc2)cc1. The highest BCUT2D eigenvalue weighted by molar-refractivity contribution is 7.14. The Morgan fingerprint density at radius 3 is 1.62 bits per heavy atom. The fourth-order valence-corrected chi connectivity index (χ4v) is 4.77. The molecule has 0 saturated carbocycles. The maximum absolute atomic E-state index is 5.95. The zero-order chi connectivity index (χ0) is 19.6. The second kappa shape index (κ2) is 7.62. The van der Waals surface area contributed by atoms with Gasteiger partial charge in [-0.05, 0) is 83.6 Å². The fourth-order valence-electron chi connectivity index (χ4n) is 3.28. The zero-order valence-corrected chi connectivity index (χ0v) is 17.1. The Labute approximate surface area is 177 Å². The minimum atomic E-state index is 0.725. The molecule has 5 heteroatoms. The molecule has 0 atom stereocenters. The van der Waals surface area contributed by atoms with Gasteiger partial charge in [-0.25, -0.2) is 0 Å². The molecule has 3 heterocycles. The zero-order valence-electron chi connectivity index (χ0n) is 15.5. The van der Waals surface area contributed by atoms with E-state index in [-0.39, 0.29) is 0 Å². The number of hydrogen-bond acceptors (Lipinski definition) is 4. The van der Waals surface area contributed by atoms with Crippen molar-refractivity contribution in [2.75, 3.05) is 5.73 Å². The molecule has 0 aliphatic rings. The van der Waals surface area contributed by atoms with Gasteiger partial charge in [0.2, 0.25) is 0 Å². The standard InChI is InChI=1S/C24H18N2OS2/c25-17-5-9-19(10-6-17)27-20-11-7-18(8-12-20)26-21(23-3-1-15-28-23)13-14-22(26)24-4-2-16-29-24/h1-16H,25H2. The van der Waals surface area contributed by atoms with Gasteiger partial charge in [-0.2, -0.15) is 0 Å². The number of rotatable bonds is 5. The van der Waals surface area contributed by atoms with E-state index in [9.17, 15) is 0 Å². The smallest absolute Gasteiger partial charge is 0.127 e. The number of anilines is 1. The molecular formula is C24H18N2OS2. The lowest BCUT2D eigenvalue weighted by atomic mass is 10.2. The van der Waals surface area contributed by atoms with Crippen molar-refractivity contribution in [1.29, 1.82) is 0 Å². The first kappa shape index (κ1) is 17.8. The van der Waals surface area contributed by atoms with Crippen LogP contribution in [0.25, 0.3) is 26.8 Å². The van der Waals surface area contributed by atoms with Crippen LogP contribution in [0.15, 0.2) is 95.7 Å². The van der Waals surface area contributed by atoms with E-state index in [0.29, 0.717) is 0 Å². The summed E-state index contributed by atoms with van der Waals surface area (Å²) in [5.74, 6) is 1.56. The average Bonchev–Trinajstić information content (AvgIpc) is 3.50. The molecule has 142 valence electrons. The molecule has 0 aliphatic carbocycles. The molecule has 0 radical (unpaired) electrons. The summed E-state index contributed by atoms with van der Waals surface area (Å²) in [6.07, 6.45) is 0. The number of thiophene rings is 2. The first-order chi connectivity index (χ1) is 14.3. The monoisotopic (exact) mass is 414 g/mol. The number of benzene rings is 2. The second-order valence-corrected chi connectivity index (χ2v) is 8.45. The molecule has 29 heavy (non-hydrogen) atoms. The van der Waals surface area contributed by atoms with E-state index in [1.165, 1.54) is 21.1 Å². The minimum Gasteiger partial charge on any atom is -0.457 e. The summed E-state index contributed by atoms with van der Waals surface area (Å²) in [4.78, 5) is 2.49. The molecule has 5 aromatic rings. The van der Waals surface area contributed by atoms with E-state index >= 15 is 0 Å². The molecule has 0 amide bonds. The summed E-state index contributed by atoms with van der Waals surface area (Å²) in [6, 6.07) is 28.5. The highest BCUT2D eigenvalue weighted by atomic mass is 32.1. The molecule has 0 aliphatic heterocycles. The third-order valence-electron chi connectivity index (χ3n) is 4.64. The molecular weight excluding hydrogens is 396 g/mol. The van der Waals surface area contributed by atoms with E-state index in [1.807, 2.05) is 36.4 Å². The largest absolute Gasteiger partial charge is 0.457 e. The Hall–Kier alpha value is -3.28. The van der Waals surface area contributed by atoms with Gasteiger partial charge in [0, 0.05) is 11.4 Å². The first-order valence-corrected chi connectivity index (χ1v) is 11.0. The summed E-state index contributed by atoms with van der Waals surface area (Å²) < 4.78 is 8.26. The van der Waals surface area contributed by atoms with Crippen molar-refractivity contribution in [2.24, 2.45) is 0 Å². The summed E-state index contributed by atoms with van der Waals surface area (Å²) in [5.41, 5.74) is 9.95. The van der Waals surface area contributed by atoms with Crippen molar-refractivity contribution in [3.8, 4) is 38.3 Å². The highest BCUT2D eigenvalue weighted by Crippen LogP contribution is 2.36. The van der Waals surface area contributed by atoms with Crippen molar-refractivity contribution < 1.29 is 4.74 Å². The van der Waals surface area contributed by atoms with E-state index in [0.717, 1.165) is 22.9 Å². The van der Waals surface area contributed by atoms with Crippen LogP contribution in [-0.4, -0.2) is 4.57 Å². The minimum absolute atomic E-state index is 0.725. The van der Waals surface area contributed by atoms with Gasteiger partial charge in [-0.1, -0.05) is 12.1 Å². The average molecular weight is 415 g/mol. The molecule has 0 bridgehead atoms. The Kier molecular flexibility index (Phi) is 4.68. The summed E-state index contributed by atoms with van der Waals surface area (Å²) in [6.45, 7) is 0. The lowest BCUT2D eigenvalue weighted by Gasteiger charge is -2.13. The van der Waals surface area contributed by atoms with Crippen LogP contribution in [0.2, 0.25) is 0 Å². The van der Waals surface area contributed by atoms with Crippen molar-refractivity contribution in [3.05, 3.63) is 95.7 Å². The number of aromatic nitrogens is 1. The van der Waals surface area contributed by atoms with Crippen LogP contribution in [0.5, 0.6) is 11.5 Å². The number of nitrogen functional groups attached to an aromatic ring is 1.